The van der Waals surface area contributed by atoms with E-state index in [2.05, 4.69) is 15.6 Å². The maximum absolute atomic E-state index is 13.8. The second kappa shape index (κ2) is 5.65. The molecule has 116 valence electrons. The summed E-state index contributed by atoms with van der Waals surface area (Å²) < 4.78 is 13.8. The first kappa shape index (κ1) is 14.9. The zero-order valence-electron chi connectivity index (χ0n) is 12.8. The smallest absolute Gasteiger partial charge is 0.252 e. The summed E-state index contributed by atoms with van der Waals surface area (Å²) in [6, 6.07) is 4.69. The van der Waals surface area contributed by atoms with Crippen LogP contribution in [0.2, 0.25) is 0 Å². The molecular formula is C17H20FN3O. The lowest BCUT2D eigenvalue weighted by Crippen LogP contribution is -2.55. The Morgan fingerprint density at radius 2 is 2.18 bits per heavy atom. The summed E-state index contributed by atoms with van der Waals surface area (Å²) >= 11 is 0. The third-order valence-corrected chi connectivity index (χ3v) is 4.38. The van der Waals surface area contributed by atoms with Gasteiger partial charge in [0.15, 0.2) is 0 Å². The highest BCUT2D eigenvalue weighted by Gasteiger charge is 2.33. The minimum Gasteiger partial charge on any atom is -0.346 e. The summed E-state index contributed by atoms with van der Waals surface area (Å²) in [4.78, 5) is 16.7. The van der Waals surface area contributed by atoms with Gasteiger partial charge in [-0.25, -0.2) is 4.39 Å². The highest BCUT2D eigenvalue weighted by atomic mass is 19.1. The minimum absolute atomic E-state index is 0.198. The second-order valence-corrected chi connectivity index (χ2v) is 6.34. The van der Waals surface area contributed by atoms with Gasteiger partial charge in [-0.15, -0.1) is 0 Å². The fourth-order valence-corrected chi connectivity index (χ4v) is 3.10. The third-order valence-electron chi connectivity index (χ3n) is 4.38. The molecule has 1 aliphatic rings. The van der Waals surface area contributed by atoms with Gasteiger partial charge in [-0.2, -0.15) is 0 Å². The number of pyridine rings is 1. The Kier molecular flexibility index (Phi) is 3.83. The van der Waals surface area contributed by atoms with Crippen molar-refractivity contribution in [3.8, 4) is 0 Å². The van der Waals surface area contributed by atoms with Crippen molar-refractivity contribution in [3.63, 3.8) is 0 Å². The Bertz CT molecular complexity index is 708. The Hall–Kier alpha value is -2.01. The molecule has 1 saturated heterocycles. The normalized spacial score (nSPS) is 18.6. The SMILES string of the molecule is CC(C)(NC(=O)c1ccc(F)c2ccncc12)C1CCCN1. The molecule has 3 rings (SSSR count). The van der Waals surface area contributed by atoms with Crippen LogP contribution in [-0.2, 0) is 0 Å². The Morgan fingerprint density at radius 3 is 2.91 bits per heavy atom. The number of aromatic nitrogens is 1. The summed E-state index contributed by atoms with van der Waals surface area (Å²) in [5, 5.41) is 7.44. The van der Waals surface area contributed by atoms with Gasteiger partial charge in [0.05, 0.1) is 0 Å². The number of amides is 1. The predicted octanol–water partition coefficient (Wildman–Crippen LogP) is 2.63. The van der Waals surface area contributed by atoms with E-state index in [4.69, 9.17) is 0 Å². The van der Waals surface area contributed by atoms with E-state index in [1.165, 1.54) is 24.5 Å². The van der Waals surface area contributed by atoms with Crippen molar-refractivity contribution >= 4 is 16.7 Å². The fraction of sp³-hybridized carbons (Fsp3) is 0.412. The molecule has 2 heterocycles. The number of hydrogen-bond donors (Lipinski definition) is 2. The van der Waals surface area contributed by atoms with E-state index in [0.717, 1.165) is 19.4 Å². The number of nitrogens with zero attached hydrogens (tertiary/aromatic N) is 1. The van der Waals surface area contributed by atoms with Gasteiger partial charge in [-0.3, -0.25) is 9.78 Å². The minimum atomic E-state index is -0.365. The van der Waals surface area contributed by atoms with Crippen molar-refractivity contribution in [2.24, 2.45) is 0 Å². The van der Waals surface area contributed by atoms with E-state index in [0.29, 0.717) is 16.3 Å². The summed E-state index contributed by atoms with van der Waals surface area (Å²) in [6.45, 7) is 5.00. The number of halogens is 1. The summed E-state index contributed by atoms with van der Waals surface area (Å²) in [6.07, 6.45) is 5.22. The first-order chi connectivity index (χ1) is 10.5. The van der Waals surface area contributed by atoms with Crippen LogP contribution >= 0.6 is 0 Å². The first-order valence-corrected chi connectivity index (χ1v) is 7.57. The molecule has 2 N–H and O–H groups in total. The van der Waals surface area contributed by atoms with E-state index in [1.54, 1.807) is 6.07 Å². The largest absolute Gasteiger partial charge is 0.346 e. The van der Waals surface area contributed by atoms with Crippen LogP contribution in [0.3, 0.4) is 0 Å². The molecule has 1 unspecified atom stereocenters. The van der Waals surface area contributed by atoms with Crippen LogP contribution in [-0.4, -0.2) is 29.0 Å². The summed E-state index contributed by atoms with van der Waals surface area (Å²) in [5.74, 6) is -0.539. The predicted molar refractivity (Wildman–Crippen MR) is 84.3 cm³/mol. The highest BCUT2D eigenvalue weighted by Crippen LogP contribution is 2.23. The van der Waals surface area contributed by atoms with E-state index in [9.17, 15) is 9.18 Å². The number of nitrogens with one attached hydrogen (secondary N) is 2. The topological polar surface area (TPSA) is 54.0 Å². The zero-order chi connectivity index (χ0) is 15.7. The second-order valence-electron chi connectivity index (χ2n) is 6.34. The molecule has 22 heavy (non-hydrogen) atoms. The van der Waals surface area contributed by atoms with Crippen LogP contribution in [0.15, 0.2) is 30.6 Å². The molecular weight excluding hydrogens is 281 g/mol. The standard InChI is InChI=1S/C17H20FN3O/c1-17(2,15-4-3-8-20-15)21-16(22)12-5-6-14(18)11-7-9-19-10-13(11)12/h5-7,9-10,15,20H,3-4,8H2,1-2H3,(H,21,22). The quantitative estimate of drug-likeness (QED) is 0.916. The molecule has 1 aliphatic heterocycles. The Morgan fingerprint density at radius 1 is 1.36 bits per heavy atom. The van der Waals surface area contributed by atoms with E-state index in [1.807, 2.05) is 13.8 Å². The van der Waals surface area contributed by atoms with Crippen LogP contribution in [0.25, 0.3) is 10.8 Å². The molecule has 1 amide bonds. The lowest BCUT2D eigenvalue weighted by molar-refractivity contribution is 0.0898. The van der Waals surface area contributed by atoms with Crippen molar-refractivity contribution in [2.75, 3.05) is 6.54 Å². The van der Waals surface area contributed by atoms with Crippen LogP contribution < -0.4 is 10.6 Å². The maximum Gasteiger partial charge on any atom is 0.252 e. The van der Waals surface area contributed by atoms with Gasteiger partial charge < -0.3 is 10.6 Å². The van der Waals surface area contributed by atoms with Gasteiger partial charge in [0.2, 0.25) is 0 Å². The van der Waals surface area contributed by atoms with Crippen molar-refractivity contribution in [3.05, 3.63) is 42.0 Å². The lowest BCUT2D eigenvalue weighted by atomic mass is 9.92. The van der Waals surface area contributed by atoms with Gasteiger partial charge in [0.25, 0.3) is 5.91 Å². The van der Waals surface area contributed by atoms with Gasteiger partial charge in [0, 0.05) is 40.3 Å². The number of carbonyl (C=O) groups excluding carboxylic acids is 1. The lowest BCUT2D eigenvalue weighted by Gasteiger charge is -2.33. The number of rotatable bonds is 3. The average molecular weight is 301 g/mol. The van der Waals surface area contributed by atoms with Gasteiger partial charge in [-0.1, -0.05) is 0 Å². The Labute approximate surface area is 129 Å². The molecule has 1 fully saturated rings. The molecule has 4 nitrogen and oxygen atoms in total. The zero-order valence-corrected chi connectivity index (χ0v) is 12.8. The third kappa shape index (κ3) is 2.68. The molecule has 2 aromatic rings. The van der Waals surface area contributed by atoms with Crippen LogP contribution in [0, 0.1) is 5.82 Å². The Balaban J connectivity index is 1.91. The van der Waals surface area contributed by atoms with Crippen molar-refractivity contribution < 1.29 is 9.18 Å². The van der Waals surface area contributed by atoms with Gasteiger partial charge in [0.1, 0.15) is 5.82 Å². The molecule has 0 spiro atoms. The van der Waals surface area contributed by atoms with E-state index >= 15 is 0 Å². The fourth-order valence-electron chi connectivity index (χ4n) is 3.10. The van der Waals surface area contributed by atoms with Crippen molar-refractivity contribution in [1.29, 1.82) is 0 Å². The van der Waals surface area contributed by atoms with Gasteiger partial charge in [-0.05, 0) is 51.4 Å². The molecule has 0 aliphatic carbocycles. The first-order valence-electron chi connectivity index (χ1n) is 7.57. The van der Waals surface area contributed by atoms with Crippen molar-refractivity contribution in [2.45, 2.75) is 38.3 Å². The molecule has 5 heteroatoms. The maximum atomic E-state index is 13.8. The summed E-state index contributed by atoms with van der Waals surface area (Å²) in [7, 11) is 0. The summed E-state index contributed by atoms with van der Waals surface area (Å²) in [5.41, 5.74) is 0.0897. The number of hydrogen-bond acceptors (Lipinski definition) is 3. The van der Waals surface area contributed by atoms with Crippen molar-refractivity contribution in [1.82, 2.24) is 15.6 Å². The molecule has 0 bridgehead atoms. The average Bonchev–Trinajstić information content (AvgIpc) is 3.02. The molecule has 1 atom stereocenters. The number of carbonyl (C=O) groups is 1. The number of benzene rings is 1. The molecule has 0 radical (unpaired) electrons. The monoisotopic (exact) mass is 301 g/mol. The highest BCUT2D eigenvalue weighted by molar-refractivity contribution is 6.07. The van der Waals surface area contributed by atoms with Crippen LogP contribution in [0.4, 0.5) is 4.39 Å². The molecule has 0 saturated carbocycles. The molecule has 1 aromatic heterocycles. The van der Waals surface area contributed by atoms with Gasteiger partial charge >= 0.3 is 0 Å². The van der Waals surface area contributed by atoms with E-state index in [-0.39, 0.29) is 23.3 Å². The van der Waals surface area contributed by atoms with E-state index < -0.39 is 0 Å². The number of fused-ring (bicyclic) bond motifs is 1. The van der Waals surface area contributed by atoms with Crippen LogP contribution in [0.5, 0.6) is 0 Å². The molecule has 1 aromatic carbocycles. The van der Waals surface area contributed by atoms with Crippen LogP contribution in [0.1, 0.15) is 37.0 Å².